The minimum atomic E-state index is -1.05. The quantitative estimate of drug-likeness (QED) is 0.632. The van der Waals surface area contributed by atoms with Crippen LogP contribution in [0.1, 0.15) is 25.0 Å². The number of allylic oxidation sites excluding steroid dienone is 2. The normalized spacial score (nSPS) is 10.5. The first-order valence-electron chi connectivity index (χ1n) is 5.89. The van der Waals surface area contributed by atoms with Crippen molar-refractivity contribution in [3.8, 4) is 11.5 Å². The SMILES string of the molecule is COc1ccc(C=CC(=O)O)c(O)c1CC=C(C)C. The van der Waals surface area contributed by atoms with E-state index >= 15 is 0 Å². The van der Waals surface area contributed by atoms with E-state index in [1.165, 1.54) is 13.2 Å². The van der Waals surface area contributed by atoms with Crippen molar-refractivity contribution in [1.29, 1.82) is 0 Å². The van der Waals surface area contributed by atoms with Gasteiger partial charge in [0.1, 0.15) is 11.5 Å². The first-order chi connectivity index (χ1) is 8.95. The summed E-state index contributed by atoms with van der Waals surface area (Å²) in [4.78, 5) is 10.5. The molecule has 0 aliphatic rings. The molecule has 4 heteroatoms. The van der Waals surface area contributed by atoms with Crippen LogP contribution in [-0.4, -0.2) is 23.3 Å². The summed E-state index contributed by atoms with van der Waals surface area (Å²) in [5.74, 6) is -0.419. The van der Waals surface area contributed by atoms with Gasteiger partial charge in [-0.15, -0.1) is 0 Å². The fraction of sp³-hybridized carbons (Fsp3) is 0.267. The maximum absolute atomic E-state index is 10.5. The van der Waals surface area contributed by atoms with Crippen LogP contribution in [0.25, 0.3) is 6.08 Å². The molecule has 0 heterocycles. The highest BCUT2D eigenvalue weighted by atomic mass is 16.5. The van der Waals surface area contributed by atoms with Gasteiger partial charge in [0.25, 0.3) is 0 Å². The van der Waals surface area contributed by atoms with Crippen LogP contribution in [0.3, 0.4) is 0 Å². The second-order valence-electron chi connectivity index (χ2n) is 4.34. The predicted molar refractivity (Wildman–Crippen MR) is 74.5 cm³/mol. The first-order valence-corrected chi connectivity index (χ1v) is 5.89. The minimum absolute atomic E-state index is 0.0503. The lowest BCUT2D eigenvalue weighted by Gasteiger charge is -2.11. The van der Waals surface area contributed by atoms with Gasteiger partial charge in [-0.1, -0.05) is 11.6 Å². The number of aromatic hydroxyl groups is 1. The molecular formula is C15H18O4. The van der Waals surface area contributed by atoms with Crippen molar-refractivity contribution in [2.45, 2.75) is 20.3 Å². The number of phenolic OH excluding ortho intramolecular Hbond substituents is 1. The molecule has 0 unspecified atom stereocenters. The minimum Gasteiger partial charge on any atom is -0.507 e. The van der Waals surface area contributed by atoms with Crippen molar-refractivity contribution in [2.75, 3.05) is 7.11 Å². The van der Waals surface area contributed by atoms with Gasteiger partial charge in [0, 0.05) is 17.2 Å². The van der Waals surface area contributed by atoms with E-state index in [-0.39, 0.29) is 5.75 Å². The standard InChI is InChI=1S/C15H18O4/c1-10(2)4-7-12-13(19-3)8-5-11(15(12)18)6-9-14(16)17/h4-6,8-9,18H,7H2,1-3H3,(H,16,17). The number of ether oxygens (including phenoxy) is 1. The number of phenols is 1. The van der Waals surface area contributed by atoms with Crippen molar-refractivity contribution in [3.05, 3.63) is 41.0 Å². The molecule has 2 N–H and O–H groups in total. The molecule has 102 valence electrons. The van der Waals surface area contributed by atoms with Gasteiger partial charge in [0.05, 0.1) is 7.11 Å². The molecule has 0 fully saturated rings. The Morgan fingerprint density at radius 2 is 2.05 bits per heavy atom. The summed E-state index contributed by atoms with van der Waals surface area (Å²) in [6.07, 6.45) is 4.86. The molecule has 0 saturated carbocycles. The Morgan fingerprint density at radius 3 is 2.58 bits per heavy atom. The van der Waals surface area contributed by atoms with Crippen LogP contribution in [0.2, 0.25) is 0 Å². The first kappa shape index (κ1) is 14.8. The Balaban J connectivity index is 3.21. The Labute approximate surface area is 112 Å². The summed E-state index contributed by atoms with van der Waals surface area (Å²) in [6.45, 7) is 3.94. The van der Waals surface area contributed by atoms with E-state index in [1.807, 2.05) is 19.9 Å². The molecule has 1 aromatic carbocycles. The summed E-state index contributed by atoms with van der Waals surface area (Å²) in [6, 6.07) is 3.34. The molecule has 1 aromatic rings. The zero-order chi connectivity index (χ0) is 14.4. The molecule has 0 spiro atoms. The smallest absolute Gasteiger partial charge is 0.328 e. The summed E-state index contributed by atoms with van der Waals surface area (Å²) < 4.78 is 5.21. The molecule has 19 heavy (non-hydrogen) atoms. The van der Waals surface area contributed by atoms with Crippen LogP contribution in [0.4, 0.5) is 0 Å². The van der Waals surface area contributed by atoms with Gasteiger partial charge in [-0.25, -0.2) is 4.79 Å². The monoisotopic (exact) mass is 262 g/mol. The van der Waals surface area contributed by atoms with Gasteiger partial charge in [-0.3, -0.25) is 0 Å². The number of benzene rings is 1. The topological polar surface area (TPSA) is 66.8 Å². The van der Waals surface area contributed by atoms with Crippen molar-refractivity contribution >= 4 is 12.0 Å². The van der Waals surface area contributed by atoms with Gasteiger partial charge in [-0.05, 0) is 38.5 Å². The predicted octanol–water partition coefficient (Wildman–Crippen LogP) is 3.01. The molecule has 1 rings (SSSR count). The summed E-state index contributed by atoms with van der Waals surface area (Å²) in [7, 11) is 1.54. The van der Waals surface area contributed by atoms with Crippen LogP contribution in [0, 0.1) is 0 Å². The van der Waals surface area contributed by atoms with E-state index in [0.29, 0.717) is 23.3 Å². The number of carboxylic acid groups (broad SMARTS) is 1. The van der Waals surface area contributed by atoms with Crippen LogP contribution >= 0.6 is 0 Å². The lowest BCUT2D eigenvalue weighted by atomic mass is 10.0. The van der Waals surface area contributed by atoms with Crippen molar-refractivity contribution in [1.82, 2.24) is 0 Å². The molecule has 0 aliphatic heterocycles. The summed E-state index contributed by atoms with van der Waals surface area (Å²) in [5.41, 5.74) is 2.24. The van der Waals surface area contributed by atoms with Gasteiger partial charge >= 0.3 is 5.97 Å². The lowest BCUT2D eigenvalue weighted by Crippen LogP contribution is -1.94. The number of carbonyl (C=O) groups is 1. The lowest BCUT2D eigenvalue weighted by molar-refractivity contribution is -0.131. The van der Waals surface area contributed by atoms with Crippen LogP contribution in [-0.2, 0) is 11.2 Å². The highest BCUT2D eigenvalue weighted by Gasteiger charge is 2.11. The van der Waals surface area contributed by atoms with E-state index in [9.17, 15) is 9.90 Å². The van der Waals surface area contributed by atoms with E-state index < -0.39 is 5.97 Å². The third-order valence-electron chi connectivity index (χ3n) is 2.61. The highest BCUT2D eigenvalue weighted by Crippen LogP contribution is 2.33. The fourth-order valence-electron chi connectivity index (χ4n) is 1.63. The number of hydrogen-bond donors (Lipinski definition) is 2. The molecule has 0 aromatic heterocycles. The molecule has 0 amide bonds. The molecule has 0 bridgehead atoms. The zero-order valence-corrected chi connectivity index (χ0v) is 11.3. The van der Waals surface area contributed by atoms with Crippen LogP contribution < -0.4 is 4.74 Å². The van der Waals surface area contributed by atoms with Crippen molar-refractivity contribution < 1.29 is 19.7 Å². The Kier molecular flexibility index (Phi) is 5.18. The van der Waals surface area contributed by atoms with Gasteiger partial charge in [-0.2, -0.15) is 0 Å². The maximum Gasteiger partial charge on any atom is 0.328 e. The van der Waals surface area contributed by atoms with E-state index in [4.69, 9.17) is 9.84 Å². The highest BCUT2D eigenvalue weighted by molar-refractivity contribution is 5.86. The molecule has 0 radical (unpaired) electrons. The molecule has 0 atom stereocenters. The van der Waals surface area contributed by atoms with E-state index in [2.05, 4.69) is 0 Å². The Hall–Kier alpha value is -2.23. The van der Waals surface area contributed by atoms with Gasteiger partial charge < -0.3 is 14.9 Å². The molecule has 0 aliphatic carbocycles. The average molecular weight is 262 g/mol. The van der Waals surface area contributed by atoms with Crippen LogP contribution in [0.5, 0.6) is 11.5 Å². The molecule has 4 nitrogen and oxygen atoms in total. The second kappa shape index (κ2) is 6.64. The third kappa shape index (κ3) is 4.17. The Morgan fingerprint density at radius 1 is 1.37 bits per heavy atom. The van der Waals surface area contributed by atoms with E-state index in [1.54, 1.807) is 12.1 Å². The van der Waals surface area contributed by atoms with Crippen molar-refractivity contribution in [2.24, 2.45) is 0 Å². The molecule has 0 saturated heterocycles. The van der Waals surface area contributed by atoms with Crippen LogP contribution in [0.15, 0.2) is 29.9 Å². The largest absolute Gasteiger partial charge is 0.507 e. The van der Waals surface area contributed by atoms with Gasteiger partial charge in [0.2, 0.25) is 0 Å². The van der Waals surface area contributed by atoms with Gasteiger partial charge in [0.15, 0.2) is 0 Å². The third-order valence-corrected chi connectivity index (χ3v) is 2.61. The summed E-state index contributed by atoms with van der Waals surface area (Å²) >= 11 is 0. The Bertz CT molecular complexity index is 523. The maximum atomic E-state index is 10.5. The number of hydrogen-bond acceptors (Lipinski definition) is 3. The number of methoxy groups -OCH3 is 1. The average Bonchev–Trinajstić information content (AvgIpc) is 2.35. The number of rotatable bonds is 5. The molecular weight excluding hydrogens is 244 g/mol. The zero-order valence-electron chi connectivity index (χ0n) is 11.3. The number of carboxylic acids is 1. The second-order valence-corrected chi connectivity index (χ2v) is 4.34. The fourth-order valence-corrected chi connectivity index (χ4v) is 1.63. The van der Waals surface area contributed by atoms with E-state index in [0.717, 1.165) is 11.6 Å². The summed E-state index contributed by atoms with van der Waals surface area (Å²) in [5, 5.41) is 18.8. The van der Waals surface area contributed by atoms with Crippen molar-refractivity contribution in [3.63, 3.8) is 0 Å². The number of aliphatic carboxylic acids is 1.